The van der Waals surface area contributed by atoms with E-state index >= 15 is 0 Å². The lowest BCUT2D eigenvalue weighted by molar-refractivity contribution is -0.118. The standard InChI is InChI=1S/C20H21N5O3S/c1-3-19(26)25-10-9-14-12-17(7-8-18(14)25)29(27,28)23-16-6-4-5-15(11-16)20-22-21-13-24(20)2/h4-8,11-13,23H,3,9-10H2,1-2H3. The molecule has 0 atom stereocenters. The highest BCUT2D eigenvalue weighted by atomic mass is 32.2. The molecule has 9 heteroatoms. The van der Waals surface area contributed by atoms with Gasteiger partial charge >= 0.3 is 0 Å². The molecule has 150 valence electrons. The first kappa shape index (κ1) is 19.1. The second-order valence-corrected chi connectivity index (χ2v) is 8.57. The second kappa shape index (κ2) is 7.32. The van der Waals surface area contributed by atoms with E-state index in [1.807, 2.05) is 20.0 Å². The zero-order valence-corrected chi connectivity index (χ0v) is 17.0. The van der Waals surface area contributed by atoms with E-state index in [9.17, 15) is 13.2 Å². The minimum atomic E-state index is -3.77. The summed E-state index contributed by atoms with van der Waals surface area (Å²) in [7, 11) is -1.95. The molecular weight excluding hydrogens is 390 g/mol. The van der Waals surface area contributed by atoms with Gasteiger partial charge < -0.3 is 9.47 Å². The van der Waals surface area contributed by atoms with Crippen molar-refractivity contribution >= 4 is 27.3 Å². The Morgan fingerprint density at radius 2 is 2.03 bits per heavy atom. The molecule has 3 aromatic rings. The lowest BCUT2D eigenvalue weighted by Crippen LogP contribution is -2.27. The van der Waals surface area contributed by atoms with Crippen molar-refractivity contribution in [1.29, 1.82) is 0 Å². The highest BCUT2D eigenvalue weighted by Gasteiger charge is 2.26. The summed E-state index contributed by atoms with van der Waals surface area (Å²) in [4.78, 5) is 13.9. The summed E-state index contributed by atoms with van der Waals surface area (Å²) >= 11 is 0. The molecule has 1 amide bonds. The number of hydrogen-bond acceptors (Lipinski definition) is 5. The number of benzene rings is 2. The van der Waals surface area contributed by atoms with E-state index in [1.165, 1.54) is 6.07 Å². The third kappa shape index (κ3) is 3.61. The van der Waals surface area contributed by atoms with Crippen molar-refractivity contribution in [3.05, 3.63) is 54.4 Å². The van der Waals surface area contributed by atoms with Crippen LogP contribution in [-0.2, 0) is 28.3 Å². The zero-order valence-electron chi connectivity index (χ0n) is 16.2. The number of nitrogens with one attached hydrogen (secondary N) is 1. The number of aryl methyl sites for hydroxylation is 1. The monoisotopic (exact) mass is 411 g/mol. The Balaban J connectivity index is 1.61. The molecule has 4 rings (SSSR count). The first-order valence-electron chi connectivity index (χ1n) is 9.29. The van der Waals surface area contributed by atoms with Gasteiger partial charge in [0.05, 0.1) is 4.90 Å². The quantitative estimate of drug-likeness (QED) is 0.696. The zero-order chi connectivity index (χ0) is 20.6. The highest BCUT2D eigenvalue weighted by Crippen LogP contribution is 2.31. The number of anilines is 2. The van der Waals surface area contributed by atoms with Gasteiger partial charge in [-0.25, -0.2) is 8.42 Å². The molecule has 1 aliphatic heterocycles. The fraction of sp³-hybridized carbons (Fsp3) is 0.250. The average molecular weight is 411 g/mol. The van der Waals surface area contributed by atoms with Crippen molar-refractivity contribution in [2.24, 2.45) is 7.05 Å². The lowest BCUT2D eigenvalue weighted by Gasteiger charge is -2.16. The molecule has 0 radical (unpaired) electrons. The van der Waals surface area contributed by atoms with Gasteiger partial charge in [-0.15, -0.1) is 10.2 Å². The third-order valence-electron chi connectivity index (χ3n) is 4.94. The SMILES string of the molecule is CCC(=O)N1CCc2cc(S(=O)(=O)Nc3cccc(-c4nncn4C)c3)ccc21. The maximum Gasteiger partial charge on any atom is 0.261 e. The third-order valence-corrected chi connectivity index (χ3v) is 6.32. The molecule has 2 aromatic carbocycles. The largest absolute Gasteiger partial charge is 0.317 e. The molecule has 29 heavy (non-hydrogen) atoms. The van der Waals surface area contributed by atoms with Gasteiger partial charge in [0.2, 0.25) is 5.91 Å². The summed E-state index contributed by atoms with van der Waals surface area (Å²) < 4.78 is 30.2. The van der Waals surface area contributed by atoms with Gasteiger partial charge in [-0.3, -0.25) is 9.52 Å². The number of carbonyl (C=O) groups excluding carboxylic acids is 1. The van der Waals surface area contributed by atoms with E-state index < -0.39 is 10.0 Å². The second-order valence-electron chi connectivity index (χ2n) is 6.89. The van der Waals surface area contributed by atoms with Crippen molar-refractivity contribution < 1.29 is 13.2 Å². The Labute approximate surface area is 169 Å². The Morgan fingerprint density at radius 1 is 1.21 bits per heavy atom. The lowest BCUT2D eigenvalue weighted by atomic mass is 10.2. The maximum atomic E-state index is 12.9. The maximum absolute atomic E-state index is 12.9. The highest BCUT2D eigenvalue weighted by molar-refractivity contribution is 7.92. The van der Waals surface area contributed by atoms with E-state index in [2.05, 4.69) is 14.9 Å². The van der Waals surface area contributed by atoms with E-state index in [-0.39, 0.29) is 10.8 Å². The van der Waals surface area contributed by atoms with Crippen LogP contribution in [0.4, 0.5) is 11.4 Å². The summed E-state index contributed by atoms with van der Waals surface area (Å²) in [6, 6.07) is 11.9. The fourth-order valence-electron chi connectivity index (χ4n) is 3.48. The van der Waals surface area contributed by atoms with Gasteiger partial charge in [-0.05, 0) is 42.3 Å². The number of rotatable bonds is 5. The molecular formula is C20H21N5O3S. The summed E-state index contributed by atoms with van der Waals surface area (Å²) in [5, 5.41) is 7.91. The van der Waals surface area contributed by atoms with Crippen molar-refractivity contribution in [3.8, 4) is 11.4 Å². The molecule has 0 spiro atoms. The fourth-order valence-corrected chi connectivity index (χ4v) is 4.58. The van der Waals surface area contributed by atoms with Crippen LogP contribution in [0.5, 0.6) is 0 Å². The molecule has 0 fully saturated rings. The average Bonchev–Trinajstić information content (AvgIpc) is 3.32. The van der Waals surface area contributed by atoms with Crippen LogP contribution in [0, 0.1) is 0 Å². The van der Waals surface area contributed by atoms with Crippen LogP contribution in [0.2, 0.25) is 0 Å². The number of sulfonamides is 1. The summed E-state index contributed by atoms with van der Waals surface area (Å²) in [5.41, 5.74) is 2.85. The van der Waals surface area contributed by atoms with Crippen LogP contribution in [0.1, 0.15) is 18.9 Å². The number of amides is 1. The Bertz CT molecular complexity index is 1190. The molecule has 8 nitrogen and oxygen atoms in total. The van der Waals surface area contributed by atoms with E-state index in [4.69, 9.17) is 0 Å². The predicted octanol–water partition coefficient (Wildman–Crippen LogP) is 2.58. The number of hydrogen-bond donors (Lipinski definition) is 1. The first-order valence-corrected chi connectivity index (χ1v) is 10.8. The van der Waals surface area contributed by atoms with Gasteiger partial charge in [-0.1, -0.05) is 19.1 Å². The number of fused-ring (bicyclic) bond motifs is 1. The number of nitrogens with zero attached hydrogens (tertiary/aromatic N) is 4. The molecule has 1 aliphatic rings. The van der Waals surface area contributed by atoms with E-state index in [0.29, 0.717) is 30.9 Å². The predicted molar refractivity (Wildman–Crippen MR) is 110 cm³/mol. The van der Waals surface area contributed by atoms with E-state index in [1.54, 1.807) is 46.1 Å². The van der Waals surface area contributed by atoms with Crippen LogP contribution in [-0.4, -0.2) is 35.6 Å². The van der Waals surface area contributed by atoms with Crippen molar-refractivity contribution in [2.75, 3.05) is 16.2 Å². The van der Waals surface area contributed by atoms with Gasteiger partial charge in [0, 0.05) is 37.0 Å². The molecule has 2 heterocycles. The number of carbonyl (C=O) groups is 1. The molecule has 0 unspecified atom stereocenters. The Hall–Kier alpha value is -3.20. The van der Waals surface area contributed by atoms with Crippen LogP contribution in [0.3, 0.4) is 0 Å². The molecule has 1 aromatic heterocycles. The first-order chi connectivity index (χ1) is 13.9. The molecule has 1 N–H and O–H groups in total. The van der Waals surface area contributed by atoms with Crippen LogP contribution in [0.25, 0.3) is 11.4 Å². The van der Waals surface area contributed by atoms with Gasteiger partial charge in [-0.2, -0.15) is 0 Å². The van der Waals surface area contributed by atoms with Crippen molar-refractivity contribution in [2.45, 2.75) is 24.7 Å². The summed E-state index contributed by atoms with van der Waals surface area (Å²) in [6.07, 6.45) is 2.65. The van der Waals surface area contributed by atoms with Gasteiger partial charge in [0.25, 0.3) is 10.0 Å². The molecule has 0 saturated carbocycles. The smallest absolute Gasteiger partial charge is 0.261 e. The van der Waals surface area contributed by atoms with Gasteiger partial charge in [0.1, 0.15) is 6.33 Å². The molecule has 0 aliphatic carbocycles. The van der Waals surface area contributed by atoms with Crippen LogP contribution < -0.4 is 9.62 Å². The van der Waals surface area contributed by atoms with Gasteiger partial charge in [0.15, 0.2) is 5.82 Å². The Kier molecular flexibility index (Phi) is 4.83. The van der Waals surface area contributed by atoms with Crippen LogP contribution in [0.15, 0.2) is 53.7 Å². The minimum absolute atomic E-state index is 0.0399. The normalized spacial score (nSPS) is 13.4. The van der Waals surface area contributed by atoms with Crippen molar-refractivity contribution in [3.63, 3.8) is 0 Å². The van der Waals surface area contributed by atoms with Crippen LogP contribution >= 0.6 is 0 Å². The number of aromatic nitrogens is 3. The summed E-state index contributed by atoms with van der Waals surface area (Å²) in [5.74, 6) is 0.683. The summed E-state index contributed by atoms with van der Waals surface area (Å²) in [6.45, 7) is 2.40. The topological polar surface area (TPSA) is 97.2 Å². The van der Waals surface area contributed by atoms with E-state index in [0.717, 1.165) is 16.8 Å². The van der Waals surface area contributed by atoms with Crippen molar-refractivity contribution in [1.82, 2.24) is 14.8 Å². The Morgan fingerprint density at radius 3 is 2.76 bits per heavy atom. The molecule has 0 bridgehead atoms. The molecule has 0 saturated heterocycles. The minimum Gasteiger partial charge on any atom is -0.317 e.